The topological polar surface area (TPSA) is 77.9 Å². The molecule has 140 valence electrons. The summed E-state index contributed by atoms with van der Waals surface area (Å²) in [5, 5.41) is 9.57. The zero-order chi connectivity index (χ0) is 18.5. The number of carbonyl (C=O) groups excluding carboxylic acids is 2. The van der Waals surface area contributed by atoms with Crippen molar-refractivity contribution in [3.05, 3.63) is 35.9 Å². The molecular formula is C20H26N2O4. The largest absolute Gasteiger partial charge is 0.481 e. The molecular weight excluding hydrogens is 332 g/mol. The molecule has 0 saturated carbocycles. The lowest BCUT2D eigenvalue weighted by molar-refractivity contribution is -0.143. The van der Waals surface area contributed by atoms with Crippen LogP contribution in [0.15, 0.2) is 30.3 Å². The third-order valence-electron chi connectivity index (χ3n) is 5.46. The maximum atomic E-state index is 12.7. The first kappa shape index (κ1) is 18.4. The highest BCUT2D eigenvalue weighted by atomic mass is 16.4. The predicted molar refractivity (Wildman–Crippen MR) is 96.6 cm³/mol. The van der Waals surface area contributed by atoms with E-state index in [0.717, 1.165) is 31.2 Å². The molecule has 2 heterocycles. The lowest BCUT2D eigenvalue weighted by atomic mass is 9.89. The fourth-order valence-electron chi connectivity index (χ4n) is 3.94. The fraction of sp³-hybridized carbons (Fsp3) is 0.550. The van der Waals surface area contributed by atoms with Crippen molar-refractivity contribution < 1.29 is 19.5 Å². The number of nitrogens with zero attached hydrogens (tertiary/aromatic N) is 2. The number of aliphatic carboxylic acids is 1. The molecule has 2 amide bonds. The van der Waals surface area contributed by atoms with Gasteiger partial charge in [0.2, 0.25) is 11.8 Å². The third-order valence-corrected chi connectivity index (χ3v) is 5.46. The summed E-state index contributed by atoms with van der Waals surface area (Å²) in [6, 6.07) is 9.49. The van der Waals surface area contributed by atoms with Crippen molar-refractivity contribution in [1.82, 2.24) is 9.80 Å². The number of hydrogen-bond acceptors (Lipinski definition) is 3. The van der Waals surface area contributed by atoms with E-state index in [1.165, 1.54) is 0 Å². The van der Waals surface area contributed by atoms with Crippen LogP contribution in [0.1, 0.15) is 43.6 Å². The first-order valence-corrected chi connectivity index (χ1v) is 9.39. The van der Waals surface area contributed by atoms with Crippen molar-refractivity contribution in [2.75, 3.05) is 26.2 Å². The van der Waals surface area contributed by atoms with Gasteiger partial charge in [0.25, 0.3) is 0 Å². The minimum Gasteiger partial charge on any atom is -0.481 e. The van der Waals surface area contributed by atoms with E-state index < -0.39 is 11.9 Å². The summed E-state index contributed by atoms with van der Waals surface area (Å²) in [4.78, 5) is 39.9. The number of carboxylic acids is 1. The Kier molecular flexibility index (Phi) is 5.91. The molecule has 26 heavy (non-hydrogen) atoms. The molecule has 2 atom stereocenters. The molecule has 1 aromatic rings. The normalized spacial score (nSPS) is 24.2. The minimum absolute atomic E-state index is 0.0339. The van der Waals surface area contributed by atoms with Gasteiger partial charge in [-0.3, -0.25) is 14.4 Å². The van der Waals surface area contributed by atoms with Crippen LogP contribution in [0.25, 0.3) is 0 Å². The number of carbonyl (C=O) groups is 3. The van der Waals surface area contributed by atoms with Crippen molar-refractivity contribution >= 4 is 17.8 Å². The van der Waals surface area contributed by atoms with E-state index in [1.54, 1.807) is 9.80 Å². The molecule has 6 nitrogen and oxygen atoms in total. The van der Waals surface area contributed by atoms with E-state index in [0.29, 0.717) is 19.5 Å². The summed E-state index contributed by atoms with van der Waals surface area (Å²) in [6.45, 7) is 1.27. The van der Waals surface area contributed by atoms with Crippen molar-refractivity contribution in [2.45, 2.75) is 38.0 Å². The Morgan fingerprint density at radius 2 is 1.77 bits per heavy atom. The zero-order valence-electron chi connectivity index (χ0n) is 15.0. The molecule has 2 fully saturated rings. The Hall–Kier alpha value is -2.37. The van der Waals surface area contributed by atoms with Crippen LogP contribution in [0.4, 0.5) is 0 Å². The number of amides is 2. The summed E-state index contributed by atoms with van der Waals surface area (Å²) in [5.41, 5.74) is 0.942. The van der Waals surface area contributed by atoms with E-state index in [9.17, 15) is 19.5 Å². The molecule has 0 aromatic heterocycles. The Morgan fingerprint density at radius 3 is 2.50 bits per heavy atom. The molecule has 0 aliphatic carbocycles. The van der Waals surface area contributed by atoms with E-state index in [1.807, 2.05) is 30.3 Å². The molecule has 2 aliphatic heterocycles. The summed E-state index contributed by atoms with van der Waals surface area (Å²) >= 11 is 0. The van der Waals surface area contributed by atoms with Gasteiger partial charge in [-0.2, -0.15) is 0 Å². The van der Waals surface area contributed by atoms with Crippen LogP contribution in [0.3, 0.4) is 0 Å². The second-order valence-electron chi connectivity index (χ2n) is 7.24. The third kappa shape index (κ3) is 4.23. The van der Waals surface area contributed by atoms with E-state index in [-0.39, 0.29) is 30.8 Å². The van der Waals surface area contributed by atoms with Crippen molar-refractivity contribution in [3.63, 3.8) is 0 Å². The van der Waals surface area contributed by atoms with Gasteiger partial charge >= 0.3 is 5.97 Å². The Bertz CT molecular complexity index is 661. The molecule has 1 N–H and O–H groups in total. The minimum atomic E-state index is -0.878. The predicted octanol–water partition coefficient (Wildman–Crippen LogP) is 2.11. The average molecular weight is 358 g/mol. The first-order chi connectivity index (χ1) is 12.6. The van der Waals surface area contributed by atoms with Crippen LogP contribution in [-0.4, -0.2) is 58.9 Å². The van der Waals surface area contributed by atoms with Crippen LogP contribution in [0.2, 0.25) is 0 Å². The molecule has 0 bridgehead atoms. The van der Waals surface area contributed by atoms with Gasteiger partial charge in [-0.1, -0.05) is 43.2 Å². The average Bonchev–Trinajstić information content (AvgIpc) is 3.08. The zero-order valence-corrected chi connectivity index (χ0v) is 15.0. The van der Waals surface area contributed by atoms with E-state index in [4.69, 9.17) is 0 Å². The van der Waals surface area contributed by atoms with Gasteiger partial charge in [-0.15, -0.1) is 0 Å². The second-order valence-corrected chi connectivity index (χ2v) is 7.24. The summed E-state index contributed by atoms with van der Waals surface area (Å²) in [5.74, 6) is -1.81. The lowest BCUT2D eigenvalue weighted by Gasteiger charge is -2.26. The van der Waals surface area contributed by atoms with Crippen LogP contribution in [0.5, 0.6) is 0 Å². The molecule has 2 aliphatic rings. The van der Waals surface area contributed by atoms with Gasteiger partial charge in [0.05, 0.1) is 12.5 Å². The van der Waals surface area contributed by atoms with Crippen molar-refractivity contribution in [3.8, 4) is 0 Å². The molecule has 1 aromatic carbocycles. The van der Waals surface area contributed by atoms with Gasteiger partial charge in [-0.25, -0.2) is 0 Å². The van der Waals surface area contributed by atoms with Gasteiger partial charge in [-0.05, 0) is 18.4 Å². The van der Waals surface area contributed by atoms with Crippen molar-refractivity contribution in [1.29, 1.82) is 0 Å². The molecule has 2 unspecified atom stereocenters. The Balaban J connectivity index is 1.67. The summed E-state index contributed by atoms with van der Waals surface area (Å²) in [6.07, 6.45) is 4.45. The molecule has 0 radical (unpaired) electrons. The number of likely N-dealkylation sites (tertiary alicyclic amines) is 2. The Labute approximate surface area is 153 Å². The highest BCUT2D eigenvalue weighted by molar-refractivity contribution is 5.86. The first-order valence-electron chi connectivity index (χ1n) is 9.39. The van der Waals surface area contributed by atoms with Crippen LogP contribution in [-0.2, 0) is 14.4 Å². The number of carboxylic acid groups (broad SMARTS) is 1. The van der Waals surface area contributed by atoms with Gasteiger partial charge in [0.15, 0.2) is 0 Å². The molecule has 6 heteroatoms. The van der Waals surface area contributed by atoms with Crippen LogP contribution < -0.4 is 0 Å². The lowest BCUT2D eigenvalue weighted by Crippen LogP contribution is -2.43. The van der Waals surface area contributed by atoms with Crippen LogP contribution in [0, 0.1) is 5.92 Å². The summed E-state index contributed by atoms with van der Waals surface area (Å²) < 4.78 is 0. The smallest absolute Gasteiger partial charge is 0.308 e. The van der Waals surface area contributed by atoms with Crippen molar-refractivity contribution in [2.24, 2.45) is 5.92 Å². The van der Waals surface area contributed by atoms with Gasteiger partial charge in [0, 0.05) is 32.0 Å². The highest BCUT2D eigenvalue weighted by Crippen LogP contribution is 2.33. The molecule has 2 saturated heterocycles. The fourth-order valence-corrected chi connectivity index (χ4v) is 3.94. The van der Waals surface area contributed by atoms with Gasteiger partial charge in [0.1, 0.15) is 0 Å². The number of benzene rings is 1. The SMILES string of the molecule is O=C(O)C1CN(C(=O)CN2CCCCCCC2=O)CC1c1ccccc1. The molecule has 0 spiro atoms. The standard InChI is InChI=1S/C20H26N2O4/c23-18-10-6-1-2-7-11-21(18)14-19(24)22-12-16(17(13-22)20(25)26)15-8-4-3-5-9-15/h3-5,8-9,16-17H,1-2,6-7,10-14H2,(H,25,26). The van der Waals surface area contributed by atoms with Gasteiger partial charge < -0.3 is 14.9 Å². The Morgan fingerprint density at radius 1 is 1.04 bits per heavy atom. The van der Waals surface area contributed by atoms with E-state index >= 15 is 0 Å². The number of rotatable bonds is 4. The monoisotopic (exact) mass is 358 g/mol. The van der Waals surface area contributed by atoms with E-state index in [2.05, 4.69) is 0 Å². The second kappa shape index (κ2) is 8.34. The van der Waals surface area contributed by atoms with Crippen LogP contribution >= 0.6 is 0 Å². The number of hydrogen-bond donors (Lipinski definition) is 1. The quantitative estimate of drug-likeness (QED) is 0.894. The molecule has 3 rings (SSSR count). The summed E-state index contributed by atoms with van der Waals surface area (Å²) in [7, 11) is 0. The maximum Gasteiger partial charge on any atom is 0.308 e. The maximum absolute atomic E-state index is 12.7. The highest BCUT2D eigenvalue weighted by Gasteiger charge is 2.40.